The van der Waals surface area contributed by atoms with Crippen molar-refractivity contribution in [3.8, 4) is 50.2 Å². The van der Waals surface area contributed by atoms with Crippen molar-refractivity contribution < 1.29 is 9.59 Å². The molecule has 7 aromatic carbocycles. The van der Waals surface area contributed by atoms with E-state index in [-0.39, 0.29) is 11.8 Å². The van der Waals surface area contributed by atoms with Crippen molar-refractivity contribution in [2.24, 2.45) is 0 Å². The number of amides is 2. The summed E-state index contributed by atoms with van der Waals surface area (Å²) >= 11 is 0. The fourth-order valence-corrected chi connectivity index (χ4v) is 7.96. The Bertz CT molecular complexity index is 2840. The smallest absolute Gasteiger partial charge is 0.268 e. The number of hydrogen-bond donors (Lipinski definition) is 0. The molecule has 2 amide bonds. The first-order valence-electron chi connectivity index (χ1n) is 17.8. The monoisotopic (exact) mass is 694 g/mol. The molecule has 254 valence electrons. The quantitative estimate of drug-likeness (QED) is 0.163. The van der Waals surface area contributed by atoms with Gasteiger partial charge in [-0.25, -0.2) is 14.9 Å². The van der Waals surface area contributed by atoms with Gasteiger partial charge in [0.1, 0.15) is 6.33 Å². The van der Waals surface area contributed by atoms with E-state index in [0.717, 1.165) is 66.3 Å². The number of carbonyl (C=O) groups excluding carboxylic acids is 2. The molecule has 10 rings (SSSR count). The molecule has 54 heavy (non-hydrogen) atoms. The van der Waals surface area contributed by atoms with Crippen molar-refractivity contribution in [2.45, 2.75) is 0 Å². The van der Waals surface area contributed by atoms with Crippen LogP contribution in [-0.2, 0) is 0 Å². The zero-order valence-electron chi connectivity index (χ0n) is 28.9. The maximum absolute atomic E-state index is 15.3. The average molecular weight is 695 g/mol. The van der Waals surface area contributed by atoms with Crippen LogP contribution in [0.5, 0.6) is 0 Å². The zero-order chi connectivity index (χ0) is 36.2. The molecule has 2 aromatic heterocycles. The van der Waals surface area contributed by atoms with Gasteiger partial charge < -0.3 is 4.57 Å². The number of aromatic nitrogens is 3. The minimum absolute atomic E-state index is 0.360. The Morgan fingerprint density at radius 3 is 1.65 bits per heavy atom. The highest BCUT2D eigenvalue weighted by molar-refractivity contribution is 6.37. The summed E-state index contributed by atoms with van der Waals surface area (Å²) in [6, 6.07) is 54.2. The van der Waals surface area contributed by atoms with Crippen LogP contribution in [0.3, 0.4) is 0 Å². The van der Waals surface area contributed by atoms with Crippen LogP contribution in [0.25, 0.3) is 72.0 Å². The van der Waals surface area contributed by atoms with Crippen LogP contribution in [0.15, 0.2) is 183 Å². The van der Waals surface area contributed by atoms with E-state index < -0.39 is 0 Å². The number of para-hydroxylation sites is 1. The normalized spacial score (nSPS) is 12.5. The highest BCUT2D eigenvalue weighted by Crippen LogP contribution is 2.47. The van der Waals surface area contributed by atoms with Crippen LogP contribution in [0.2, 0.25) is 0 Å². The van der Waals surface area contributed by atoms with Crippen molar-refractivity contribution in [1.82, 2.24) is 14.5 Å². The van der Waals surface area contributed by atoms with E-state index in [4.69, 9.17) is 0 Å². The fourth-order valence-electron chi connectivity index (χ4n) is 7.96. The third kappa shape index (κ3) is 4.89. The fraction of sp³-hybridized carbons (Fsp3) is 0. The number of fused-ring (bicyclic) bond motifs is 4. The molecule has 0 atom stereocenters. The summed E-state index contributed by atoms with van der Waals surface area (Å²) in [6.45, 7) is 0. The van der Waals surface area contributed by atoms with Gasteiger partial charge in [0.15, 0.2) is 0 Å². The Balaban J connectivity index is 1.23. The molecule has 0 saturated heterocycles. The zero-order valence-corrected chi connectivity index (χ0v) is 28.9. The summed E-state index contributed by atoms with van der Waals surface area (Å²) in [5.41, 5.74) is 11.0. The van der Waals surface area contributed by atoms with E-state index in [1.807, 2.05) is 122 Å². The summed E-state index contributed by atoms with van der Waals surface area (Å²) in [4.78, 5) is 40.2. The minimum atomic E-state index is -0.369. The second-order valence-corrected chi connectivity index (χ2v) is 13.3. The Morgan fingerprint density at radius 1 is 0.426 bits per heavy atom. The van der Waals surface area contributed by atoms with Crippen LogP contribution in [0.1, 0.15) is 20.7 Å². The largest absolute Gasteiger partial charge is 0.308 e. The van der Waals surface area contributed by atoms with Gasteiger partial charge >= 0.3 is 0 Å². The van der Waals surface area contributed by atoms with Gasteiger partial charge in [0.05, 0.1) is 33.5 Å². The van der Waals surface area contributed by atoms with Gasteiger partial charge in [-0.05, 0) is 64.2 Å². The molecule has 6 nitrogen and oxygen atoms in total. The van der Waals surface area contributed by atoms with E-state index in [1.54, 1.807) is 6.07 Å². The standard InChI is InChI=1S/C48H30N4O2/c53-47-38-22-13-25-43(51-41-23-11-10-20-37(41)44-36(21-12-24-42(44)51)35-28-49-30-50-29-35)45(38)48(54)52(47)46-39(32-16-6-2-7-17-32)26-34(31-14-4-1-5-15-31)27-40(46)33-18-8-3-9-19-33/h1-30H. The lowest BCUT2D eigenvalue weighted by Gasteiger charge is -2.24. The highest BCUT2D eigenvalue weighted by Gasteiger charge is 2.41. The lowest BCUT2D eigenvalue weighted by molar-refractivity contribution is 0.0926. The van der Waals surface area contributed by atoms with Gasteiger partial charge in [0.25, 0.3) is 11.8 Å². The molecule has 0 unspecified atom stereocenters. The molecule has 0 fully saturated rings. The molecule has 1 aliphatic heterocycles. The van der Waals surface area contributed by atoms with Crippen LogP contribution >= 0.6 is 0 Å². The van der Waals surface area contributed by atoms with Crippen molar-refractivity contribution in [3.05, 3.63) is 194 Å². The Kier molecular flexibility index (Phi) is 7.34. The number of anilines is 1. The lowest BCUT2D eigenvalue weighted by atomic mass is 9.90. The van der Waals surface area contributed by atoms with Crippen LogP contribution in [0, 0.1) is 0 Å². The van der Waals surface area contributed by atoms with Crippen LogP contribution in [0.4, 0.5) is 5.69 Å². The Labute approximate surface area is 311 Å². The maximum atomic E-state index is 15.3. The molecule has 1 aliphatic rings. The molecule has 0 aliphatic carbocycles. The minimum Gasteiger partial charge on any atom is -0.308 e. The number of hydrogen-bond acceptors (Lipinski definition) is 4. The van der Waals surface area contributed by atoms with Gasteiger partial charge in [-0.15, -0.1) is 0 Å². The third-order valence-electron chi connectivity index (χ3n) is 10.3. The van der Waals surface area contributed by atoms with Crippen molar-refractivity contribution in [1.29, 1.82) is 0 Å². The van der Waals surface area contributed by atoms with Crippen molar-refractivity contribution in [2.75, 3.05) is 4.90 Å². The Morgan fingerprint density at radius 2 is 0.981 bits per heavy atom. The average Bonchev–Trinajstić information content (AvgIpc) is 3.72. The van der Waals surface area contributed by atoms with Crippen molar-refractivity contribution in [3.63, 3.8) is 0 Å². The van der Waals surface area contributed by atoms with Gasteiger partial charge in [-0.3, -0.25) is 9.59 Å². The van der Waals surface area contributed by atoms with Crippen LogP contribution in [-0.4, -0.2) is 26.3 Å². The second kappa shape index (κ2) is 12.7. The molecule has 9 aromatic rings. The van der Waals surface area contributed by atoms with E-state index in [2.05, 4.69) is 63.1 Å². The summed E-state index contributed by atoms with van der Waals surface area (Å²) < 4.78 is 2.11. The van der Waals surface area contributed by atoms with E-state index in [1.165, 1.54) is 11.2 Å². The molecular formula is C48H30N4O2. The SMILES string of the molecule is O=C1c2cccc(-n3c4ccccc4c4c(-c5cncnc5)cccc43)c2C(=O)N1c1c(-c2ccccc2)cc(-c2ccccc2)cc1-c1ccccc1. The molecule has 6 heteroatoms. The number of carbonyl (C=O) groups is 2. The molecule has 0 bridgehead atoms. The highest BCUT2D eigenvalue weighted by atomic mass is 16.2. The predicted octanol–water partition coefficient (Wildman–Crippen LogP) is 11.0. The summed E-state index contributed by atoms with van der Waals surface area (Å²) in [6.07, 6.45) is 5.15. The maximum Gasteiger partial charge on any atom is 0.268 e. The lowest BCUT2D eigenvalue weighted by Crippen LogP contribution is -2.30. The number of imide groups is 1. The number of nitrogens with zero attached hydrogens (tertiary/aromatic N) is 4. The Hall–Kier alpha value is -7.44. The molecular weight excluding hydrogens is 665 g/mol. The third-order valence-corrected chi connectivity index (χ3v) is 10.3. The first-order valence-corrected chi connectivity index (χ1v) is 17.8. The molecule has 0 saturated carbocycles. The van der Waals surface area contributed by atoms with E-state index in [9.17, 15) is 4.79 Å². The topological polar surface area (TPSA) is 68.1 Å². The summed E-state index contributed by atoms with van der Waals surface area (Å²) in [7, 11) is 0. The van der Waals surface area contributed by atoms with E-state index in [0.29, 0.717) is 22.5 Å². The van der Waals surface area contributed by atoms with Gasteiger partial charge in [0, 0.05) is 39.9 Å². The van der Waals surface area contributed by atoms with Crippen molar-refractivity contribution >= 4 is 39.3 Å². The molecule has 0 N–H and O–H groups in total. The first kappa shape index (κ1) is 31.3. The second-order valence-electron chi connectivity index (χ2n) is 13.3. The number of benzene rings is 7. The summed E-state index contributed by atoms with van der Waals surface area (Å²) in [5, 5.41) is 2.04. The van der Waals surface area contributed by atoms with Gasteiger partial charge in [0.2, 0.25) is 0 Å². The van der Waals surface area contributed by atoms with Gasteiger partial charge in [-0.1, -0.05) is 127 Å². The summed E-state index contributed by atoms with van der Waals surface area (Å²) in [5.74, 6) is -0.729. The van der Waals surface area contributed by atoms with Crippen LogP contribution < -0.4 is 4.90 Å². The predicted molar refractivity (Wildman–Crippen MR) is 216 cm³/mol. The molecule has 0 radical (unpaired) electrons. The first-order chi connectivity index (χ1) is 26.7. The molecule has 0 spiro atoms. The van der Waals surface area contributed by atoms with Gasteiger partial charge in [-0.2, -0.15) is 0 Å². The number of rotatable bonds is 6. The molecule has 3 heterocycles. The van der Waals surface area contributed by atoms with E-state index >= 15 is 4.79 Å².